The van der Waals surface area contributed by atoms with Crippen LogP contribution in [0.4, 0.5) is 0 Å². The number of H-pyrrole nitrogens is 1. The number of aromatic nitrogens is 2. The minimum atomic E-state index is 0. The first-order valence-corrected chi connectivity index (χ1v) is 4.08. The van der Waals surface area contributed by atoms with Crippen LogP contribution < -0.4 is 5.32 Å². The number of hydrogen-bond donors (Lipinski definition) is 2. The molecule has 1 unspecified atom stereocenters. The summed E-state index contributed by atoms with van der Waals surface area (Å²) in [6, 6.07) is 0. The van der Waals surface area contributed by atoms with Crippen molar-refractivity contribution in [2.75, 3.05) is 13.1 Å². The lowest BCUT2D eigenvalue weighted by atomic mass is 10.00. The molecule has 68 valence electrons. The van der Waals surface area contributed by atoms with Crippen molar-refractivity contribution in [2.24, 2.45) is 0 Å². The van der Waals surface area contributed by atoms with E-state index in [1.807, 2.05) is 6.20 Å². The van der Waals surface area contributed by atoms with Gasteiger partial charge in [-0.2, -0.15) is 5.10 Å². The maximum Gasteiger partial charge on any atom is 0.0525 e. The average Bonchev–Trinajstić information content (AvgIpc) is 2.55. The molecule has 0 bridgehead atoms. The first-order chi connectivity index (χ1) is 5.38. The highest BCUT2D eigenvalue weighted by atomic mass is 35.5. The number of halogens is 1. The van der Waals surface area contributed by atoms with E-state index in [9.17, 15) is 0 Å². The Labute approximate surface area is 78.4 Å². The summed E-state index contributed by atoms with van der Waals surface area (Å²) < 4.78 is 0. The maximum atomic E-state index is 4.01. The summed E-state index contributed by atoms with van der Waals surface area (Å²) in [5.74, 6) is 0.689. The summed E-state index contributed by atoms with van der Waals surface area (Å²) in [6.45, 7) is 4.34. The number of hydrogen-bond acceptors (Lipinski definition) is 2. The number of aryl methyl sites for hydroxylation is 1. The molecule has 1 aliphatic heterocycles. The summed E-state index contributed by atoms with van der Waals surface area (Å²) >= 11 is 0. The number of nitrogens with one attached hydrogen (secondary N) is 2. The van der Waals surface area contributed by atoms with Crippen LogP contribution in [0.3, 0.4) is 0 Å². The van der Waals surface area contributed by atoms with E-state index in [0.717, 1.165) is 13.1 Å². The Morgan fingerprint density at radius 2 is 2.42 bits per heavy atom. The molecule has 4 heteroatoms. The van der Waals surface area contributed by atoms with Gasteiger partial charge in [-0.15, -0.1) is 12.4 Å². The van der Waals surface area contributed by atoms with Crippen LogP contribution in [0.2, 0.25) is 0 Å². The fourth-order valence-electron chi connectivity index (χ4n) is 1.69. The minimum Gasteiger partial charge on any atom is -0.316 e. The van der Waals surface area contributed by atoms with Crippen molar-refractivity contribution >= 4 is 12.4 Å². The Hall–Kier alpha value is -0.540. The zero-order valence-corrected chi connectivity index (χ0v) is 7.95. The fraction of sp³-hybridized carbons (Fsp3) is 0.625. The van der Waals surface area contributed by atoms with Gasteiger partial charge in [0.25, 0.3) is 0 Å². The number of nitrogens with zero attached hydrogens (tertiary/aromatic N) is 1. The summed E-state index contributed by atoms with van der Waals surface area (Å²) in [6.07, 6.45) is 3.20. The van der Waals surface area contributed by atoms with Crippen molar-refractivity contribution in [3.05, 3.63) is 17.5 Å². The van der Waals surface area contributed by atoms with Crippen LogP contribution in [0.15, 0.2) is 6.20 Å². The molecule has 2 N–H and O–H groups in total. The summed E-state index contributed by atoms with van der Waals surface area (Å²) in [5, 5.41) is 10.3. The van der Waals surface area contributed by atoms with Crippen molar-refractivity contribution in [2.45, 2.75) is 19.3 Å². The van der Waals surface area contributed by atoms with E-state index >= 15 is 0 Å². The van der Waals surface area contributed by atoms with Gasteiger partial charge >= 0.3 is 0 Å². The van der Waals surface area contributed by atoms with Gasteiger partial charge in [0.1, 0.15) is 0 Å². The van der Waals surface area contributed by atoms with Gasteiger partial charge in [-0.05, 0) is 25.5 Å². The van der Waals surface area contributed by atoms with Crippen LogP contribution in [0, 0.1) is 6.92 Å². The molecule has 1 atom stereocenters. The molecule has 2 rings (SSSR count). The molecule has 2 heterocycles. The topological polar surface area (TPSA) is 40.7 Å². The Bertz CT molecular complexity index is 240. The highest BCUT2D eigenvalue weighted by Crippen LogP contribution is 2.23. The average molecular weight is 188 g/mol. The standard InChI is InChI=1S/C8H13N3.ClH/c1-6-8(5-10-11-6)7-2-3-9-4-7;/h5,7,9H,2-4H2,1H3,(H,10,11);1H. The normalized spacial score (nSPS) is 22.2. The molecule has 1 aromatic heterocycles. The van der Waals surface area contributed by atoms with Crippen molar-refractivity contribution in [1.82, 2.24) is 15.5 Å². The first-order valence-electron chi connectivity index (χ1n) is 4.08. The monoisotopic (exact) mass is 187 g/mol. The quantitative estimate of drug-likeness (QED) is 0.694. The van der Waals surface area contributed by atoms with E-state index in [4.69, 9.17) is 0 Å². The smallest absolute Gasteiger partial charge is 0.0525 e. The van der Waals surface area contributed by atoms with Gasteiger partial charge in [0.05, 0.1) is 6.20 Å². The van der Waals surface area contributed by atoms with E-state index in [1.165, 1.54) is 17.7 Å². The summed E-state index contributed by atoms with van der Waals surface area (Å²) in [7, 11) is 0. The number of aromatic amines is 1. The zero-order valence-electron chi connectivity index (χ0n) is 7.13. The second-order valence-corrected chi connectivity index (χ2v) is 3.14. The molecule has 0 spiro atoms. The van der Waals surface area contributed by atoms with Crippen LogP contribution in [0.25, 0.3) is 0 Å². The third kappa shape index (κ3) is 1.62. The van der Waals surface area contributed by atoms with Crippen molar-refractivity contribution < 1.29 is 0 Å². The van der Waals surface area contributed by atoms with Crippen molar-refractivity contribution in [1.29, 1.82) is 0 Å². The third-order valence-corrected chi connectivity index (χ3v) is 2.37. The van der Waals surface area contributed by atoms with Crippen molar-refractivity contribution in [3.63, 3.8) is 0 Å². The van der Waals surface area contributed by atoms with Gasteiger partial charge < -0.3 is 5.32 Å². The molecule has 1 aromatic rings. The van der Waals surface area contributed by atoms with Crippen LogP contribution in [-0.4, -0.2) is 23.3 Å². The molecule has 1 fully saturated rings. The Balaban J connectivity index is 0.000000720. The molecule has 0 amide bonds. The first kappa shape index (κ1) is 9.55. The molecule has 0 saturated carbocycles. The minimum absolute atomic E-state index is 0. The lowest BCUT2D eigenvalue weighted by molar-refractivity contribution is 0.758. The Morgan fingerprint density at radius 1 is 1.58 bits per heavy atom. The van der Waals surface area contributed by atoms with Gasteiger partial charge in [-0.25, -0.2) is 0 Å². The molecule has 0 aliphatic carbocycles. The largest absolute Gasteiger partial charge is 0.316 e. The van der Waals surface area contributed by atoms with E-state index < -0.39 is 0 Å². The maximum absolute atomic E-state index is 4.01. The molecule has 0 aromatic carbocycles. The van der Waals surface area contributed by atoms with E-state index in [0.29, 0.717) is 5.92 Å². The molecule has 1 aliphatic rings. The SMILES string of the molecule is Cc1[nH]ncc1C1CCNC1.Cl. The van der Waals surface area contributed by atoms with Gasteiger partial charge in [0.2, 0.25) is 0 Å². The molecular weight excluding hydrogens is 174 g/mol. The number of rotatable bonds is 1. The predicted molar refractivity (Wildman–Crippen MR) is 50.8 cm³/mol. The molecular formula is C8H14ClN3. The van der Waals surface area contributed by atoms with E-state index in [1.54, 1.807) is 0 Å². The van der Waals surface area contributed by atoms with E-state index in [2.05, 4.69) is 22.4 Å². The van der Waals surface area contributed by atoms with Crippen LogP contribution in [0.5, 0.6) is 0 Å². The molecule has 0 radical (unpaired) electrons. The van der Waals surface area contributed by atoms with Gasteiger partial charge in [-0.3, -0.25) is 5.10 Å². The van der Waals surface area contributed by atoms with Crippen molar-refractivity contribution in [3.8, 4) is 0 Å². The molecule has 12 heavy (non-hydrogen) atoms. The van der Waals surface area contributed by atoms with Gasteiger partial charge in [0, 0.05) is 18.2 Å². The Kier molecular flexibility index (Phi) is 3.12. The highest BCUT2D eigenvalue weighted by Gasteiger charge is 2.18. The Morgan fingerprint density at radius 3 is 2.92 bits per heavy atom. The summed E-state index contributed by atoms with van der Waals surface area (Å²) in [4.78, 5) is 0. The lowest BCUT2D eigenvalue weighted by Gasteiger charge is -2.04. The van der Waals surface area contributed by atoms with Crippen LogP contribution in [-0.2, 0) is 0 Å². The lowest BCUT2D eigenvalue weighted by Crippen LogP contribution is -2.08. The predicted octanol–water partition coefficient (Wildman–Crippen LogP) is 1.22. The second-order valence-electron chi connectivity index (χ2n) is 3.14. The zero-order chi connectivity index (χ0) is 7.68. The fourth-order valence-corrected chi connectivity index (χ4v) is 1.69. The van der Waals surface area contributed by atoms with Crippen LogP contribution in [0.1, 0.15) is 23.6 Å². The third-order valence-electron chi connectivity index (χ3n) is 2.37. The molecule has 1 saturated heterocycles. The molecule has 3 nitrogen and oxygen atoms in total. The highest BCUT2D eigenvalue weighted by molar-refractivity contribution is 5.85. The second kappa shape index (κ2) is 3.92. The van der Waals surface area contributed by atoms with Gasteiger partial charge in [-0.1, -0.05) is 0 Å². The summed E-state index contributed by atoms with van der Waals surface area (Å²) in [5.41, 5.74) is 2.61. The van der Waals surface area contributed by atoms with Crippen LogP contribution >= 0.6 is 12.4 Å². The van der Waals surface area contributed by atoms with E-state index in [-0.39, 0.29) is 12.4 Å². The van der Waals surface area contributed by atoms with Gasteiger partial charge in [0.15, 0.2) is 0 Å².